The van der Waals surface area contributed by atoms with Gasteiger partial charge in [0.2, 0.25) is 12.0 Å². The van der Waals surface area contributed by atoms with Crippen LogP contribution in [0.25, 0.3) is 0 Å². The molecule has 1 aromatic rings. The van der Waals surface area contributed by atoms with Crippen LogP contribution in [-0.4, -0.2) is 17.7 Å². The van der Waals surface area contributed by atoms with Crippen molar-refractivity contribution in [3.05, 3.63) is 35.4 Å². The minimum atomic E-state index is -2.42. The Morgan fingerprint density at radius 1 is 1.29 bits per heavy atom. The summed E-state index contributed by atoms with van der Waals surface area (Å²) in [5.41, 5.74) is -0.734. The van der Waals surface area contributed by atoms with Gasteiger partial charge in [0.25, 0.3) is 0 Å². The molecule has 92 valence electrons. The van der Waals surface area contributed by atoms with E-state index >= 15 is 0 Å². The van der Waals surface area contributed by atoms with Crippen molar-refractivity contribution in [1.82, 2.24) is 0 Å². The minimum Gasteiger partial charge on any atom is -0.296 e. The molecule has 0 spiro atoms. The van der Waals surface area contributed by atoms with Crippen molar-refractivity contribution >= 4 is 11.6 Å². The number of ketones is 2. The molecule has 0 saturated heterocycles. The molecule has 0 bridgehead atoms. The van der Waals surface area contributed by atoms with Gasteiger partial charge in [-0.1, -0.05) is 13.0 Å². The summed E-state index contributed by atoms with van der Waals surface area (Å²) in [6, 6.07) is 2.85. The molecule has 0 aliphatic carbocycles. The molecule has 2 nitrogen and oxygen atoms in total. The monoisotopic (exact) mass is 244 g/mol. The van der Waals surface area contributed by atoms with Gasteiger partial charge in [0.15, 0.2) is 17.4 Å². The van der Waals surface area contributed by atoms with E-state index in [9.17, 15) is 22.8 Å². The normalized spacial score (nSPS) is 12.2. The maximum Gasteiger partial charge on any atom is 0.220 e. The van der Waals surface area contributed by atoms with E-state index in [1.165, 1.54) is 0 Å². The lowest BCUT2D eigenvalue weighted by atomic mass is 10.0. The Morgan fingerprint density at radius 2 is 1.94 bits per heavy atom. The highest BCUT2D eigenvalue weighted by atomic mass is 19.2. The molecular formula is C12H11F3O2. The highest BCUT2D eigenvalue weighted by Crippen LogP contribution is 2.16. The van der Waals surface area contributed by atoms with E-state index in [2.05, 4.69) is 0 Å². The Balaban J connectivity index is 2.97. The van der Waals surface area contributed by atoms with Crippen LogP contribution in [0.1, 0.15) is 30.1 Å². The quantitative estimate of drug-likeness (QED) is 0.589. The van der Waals surface area contributed by atoms with Crippen LogP contribution in [0, 0.1) is 11.6 Å². The van der Waals surface area contributed by atoms with Crippen LogP contribution < -0.4 is 0 Å². The number of carbonyl (C=O) groups excluding carboxylic acids is 2. The Labute approximate surface area is 96.4 Å². The van der Waals surface area contributed by atoms with E-state index in [4.69, 9.17) is 0 Å². The summed E-state index contributed by atoms with van der Waals surface area (Å²) in [6.45, 7) is 1.65. The first-order valence-corrected chi connectivity index (χ1v) is 5.14. The average Bonchev–Trinajstić information content (AvgIpc) is 2.31. The molecule has 0 radical (unpaired) electrons. The second kappa shape index (κ2) is 5.61. The molecule has 5 heteroatoms. The van der Waals surface area contributed by atoms with Gasteiger partial charge in [-0.05, 0) is 18.6 Å². The third kappa shape index (κ3) is 2.93. The summed E-state index contributed by atoms with van der Waals surface area (Å²) in [4.78, 5) is 22.6. The van der Waals surface area contributed by atoms with Gasteiger partial charge in [-0.15, -0.1) is 0 Å². The molecular weight excluding hydrogens is 233 g/mol. The molecule has 0 heterocycles. The van der Waals surface area contributed by atoms with Crippen molar-refractivity contribution in [3.63, 3.8) is 0 Å². The smallest absolute Gasteiger partial charge is 0.220 e. The summed E-state index contributed by atoms with van der Waals surface area (Å²) in [6.07, 6.45) is -2.14. The van der Waals surface area contributed by atoms with Gasteiger partial charge in [0.05, 0.1) is 5.56 Å². The topological polar surface area (TPSA) is 34.1 Å². The van der Waals surface area contributed by atoms with Gasteiger partial charge in [-0.3, -0.25) is 9.59 Å². The Kier molecular flexibility index (Phi) is 4.43. The molecule has 1 aromatic carbocycles. The number of hydrogen-bond donors (Lipinski definition) is 0. The maximum absolute atomic E-state index is 13.4. The zero-order valence-electron chi connectivity index (χ0n) is 9.17. The Hall–Kier alpha value is -1.65. The number of rotatable bonds is 5. The highest BCUT2D eigenvalue weighted by Gasteiger charge is 2.28. The third-order valence-corrected chi connectivity index (χ3v) is 2.23. The molecule has 0 N–H and O–H groups in total. The van der Waals surface area contributed by atoms with Crippen molar-refractivity contribution in [2.45, 2.75) is 25.9 Å². The molecule has 0 aromatic heterocycles. The first-order valence-electron chi connectivity index (χ1n) is 5.14. The Bertz CT molecular complexity index is 443. The number of alkyl halides is 1. The van der Waals surface area contributed by atoms with Crippen LogP contribution >= 0.6 is 0 Å². The molecule has 0 aliphatic heterocycles. The Morgan fingerprint density at radius 3 is 2.53 bits per heavy atom. The van der Waals surface area contributed by atoms with E-state index in [1.807, 2.05) is 0 Å². The van der Waals surface area contributed by atoms with Crippen LogP contribution in [0.2, 0.25) is 0 Å². The van der Waals surface area contributed by atoms with Crippen LogP contribution in [-0.2, 0) is 4.79 Å². The zero-order chi connectivity index (χ0) is 13.0. The molecule has 0 fully saturated rings. The van der Waals surface area contributed by atoms with Crippen LogP contribution in [0.3, 0.4) is 0 Å². The lowest BCUT2D eigenvalue weighted by Gasteiger charge is -2.06. The van der Waals surface area contributed by atoms with Crippen molar-refractivity contribution in [2.75, 3.05) is 0 Å². The molecule has 0 saturated carbocycles. The molecule has 1 rings (SSSR count). The summed E-state index contributed by atoms with van der Waals surface area (Å²) >= 11 is 0. The van der Waals surface area contributed by atoms with E-state index < -0.39 is 34.9 Å². The van der Waals surface area contributed by atoms with Gasteiger partial charge in [0, 0.05) is 6.42 Å². The number of Topliss-reactive ketones (excluding diaryl/α,β-unsaturated/α-hetero) is 2. The summed E-state index contributed by atoms with van der Waals surface area (Å²) in [5.74, 6) is -4.92. The van der Waals surface area contributed by atoms with Crippen LogP contribution in [0.15, 0.2) is 18.2 Å². The fourth-order valence-corrected chi connectivity index (χ4v) is 1.35. The predicted octanol–water partition coefficient (Wildman–Crippen LogP) is 2.85. The van der Waals surface area contributed by atoms with Gasteiger partial charge >= 0.3 is 0 Å². The van der Waals surface area contributed by atoms with E-state index in [-0.39, 0.29) is 6.42 Å². The average molecular weight is 244 g/mol. The lowest BCUT2D eigenvalue weighted by Crippen LogP contribution is -2.26. The molecule has 0 amide bonds. The highest BCUT2D eigenvalue weighted by molar-refractivity contribution is 6.13. The van der Waals surface area contributed by atoms with E-state index in [0.29, 0.717) is 6.42 Å². The zero-order valence-corrected chi connectivity index (χ0v) is 9.17. The van der Waals surface area contributed by atoms with Gasteiger partial charge < -0.3 is 0 Å². The standard InChI is InChI=1S/C12H11F3O2/c1-2-4-9(16)11(15)12(17)7-5-3-6-8(13)10(7)14/h3,5-6,11H,2,4H2,1H3. The van der Waals surface area contributed by atoms with Crippen molar-refractivity contribution < 1.29 is 22.8 Å². The van der Waals surface area contributed by atoms with Crippen molar-refractivity contribution in [1.29, 1.82) is 0 Å². The summed E-state index contributed by atoms with van der Waals surface area (Å²) < 4.78 is 39.4. The molecule has 0 aliphatic rings. The van der Waals surface area contributed by atoms with Crippen LogP contribution in [0.5, 0.6) is 0 Å². The second-order valence-electron chi connectivity index (χ2n) is 3.54. The first kappa shape index (κ1) is 13.4. The molecule has 1 atom stereocenters. The molecule has 17 heavy (non-hydrogen) atoms. The van der Waals surface area contributed by atoms with Gasteiger partial charge in [-0.25, -0.2) is 13.2 Å². The first-order chi connectivity index (χ1) is 7.99. The maximum atomic E-state index is 13.4. The second-order valence-corrected chi connectivity index (χ2v) is 3.54. The van der Waals surface area contributed by atoms with Crippen molar-refractivity contribution in [2.24, 2.45) is 0 Å². The lowest BCUT2D eigenvalue weighted by molar-refractivity contribution is -0.122. The van der Waals surface area contributed by atoms with Gasteiger partial charge in [0.1, 0.15) is 0 Å². The van der Waals surface area contributed by atoms with Gasteiger partial charge in [-0.2, -0.15) is 0 Å². The van der Waals surface area contributed by atoms with E-state index in [0.717, 1.165) is 18.2 Å². The number of halogens is 3. The third-order valence-electron chi connectivity index (χ3n) is 2.23. The fraction of sp³-hybridized carbons (Fsp3) is 0.333. The molecule has 1 unspecified atom stereocenters. The number of hydrogen-bond acceptors (Lipinski definition) is 2. The largest absolute Gasteiger partial charge is 0.296 e. The van der Waals surface area contributed by atoms with E-state index in [1.54, 1.807) is 6.92 Å². The van der Waals surface area contributed by atoms with Crippen molar-refractivity contribution in [3.8, 4) is 0 Å². The summed E-state index contributed by atoms with van der Waals surface area (Å²) in [7, 11) is 0. The SMILES string of the molecule is CCCC(=O)C(F)C(=O)c1cccc(F)c1F. The summed E-state index contributed by atoms with van der Waals surface area (Å²) in [5, 5.41) is 0. The van der Waals surface area contributed by atoms with Crippen LogP contribution in [0.4, 0.5) is 13.2 Å². The minimum absolute atomic E-state index is 0.107. The number of benzene rings is 1. The number of carbonyl (C=O) groups is 2. The fourth-order valence-electron chi connectivity index (χ4n) is 1.35. The predicted molar refractivity (Wildman–Crippen MR) is 55.5 cm³/mol.